The van der Waals surface area contributed by atoms with E-state index in [1.54, 1.807) is 18.9 Å². The van der Waals surface area contributed by atoms with Crippen molar-refractivity contribution in [1.29, 1.82) is 0 Å². The van der Waals surface area contributed by atoms with Gasteiger partial charge in [-0.25, -0.2) is 0 Å². The van der Waals surface area contributed by atoms with Crippen molar-refractivity contribution in [2.45, 2.75) is 16.3 Å². The summed E-state index contributed by atoms with van der Waals surface area (Å²) < 4.78 is 5.51. The van der Waals surface area contributed by atoms with Crippen LogP contribution in [0.3, 0.4) is 0 Å². The van der Waals surface area contributed by atoms with Gasteiger partial charge in [-0.15, -0.1) is 0 Å². The van der Waals surface area contributed by atoms with Gasteiger partial charge in [-0.2, -0.15) is 0 Å². The van der Waals surface area contributed by atoms with Gasteiger partial charge >= 0.3 is 0 Å². The Kier molecular flexibility index (Phi) is 4.49. The van der Waals surface area contributed by atoms with Crippen LogP contribution in [0, 0.1) is 5.21 Å². The molecular weight excluding hydrogens is 330 g/mol. The smallest absolute Gasteiger partial charge is 0.168 e. The van der Waals surface area contributed by atoms with Crippen LogP contribution in [-0.2, 0) is 0 Å². The van der Waals surface area contributed by atoms with Crippen LogP contribution in [-0.4, -0.2) is 7.11 Å². The largest absolute Gasteiger partial charge is 0.633 e. The lowest BCUT2D eigenvalue weighted by molar-refractivity contribution is -0.893. The van der Waals surface area contributed by atoms with E-state index in [9.17, 15) is 5.21 Å². The summed E-state index contributed by atoms with van der Waals surface area (Å²) in [5.74, 6) is 0.763. The number of fused-ring (bicyclic) bond motifs is 1. The molecule has 3 aromatic rings. The van der Waals surface area contributed by atoms with Crippen molar-refractivity contribution in [3.8, 4) is 5.75 Å². The van der Waals surface area contributed by atoms with E-state index in [1.807, 2.05) is 66.7 Å². The molecule has 3 unspecified atom stereocenters. The van der Waals surface area contributed by atoms with E-state index < -0.39 is 0 Å². The highest BCUT2D eigenvalue weighted by molar-refractivity contribution is 7.99. The Morgan fingerprint density at radius 2 is 1.48 bits per heavy atom. The van der Waals surface area contributed by atoms with Gasteiger partial charge in [0.2, 0.25) is 0 Å². The molecule has 0 fully saturated rings. The second-order valence-corrected chi connectivity index (χ2v) is 7.17. The van der Waals surface area contributed by atoms with E-state index in [2.05, 4.69) is 12.1 Å². The number of benzene rings is 3. The first-order valence-corrected chi connectivity index (χ1v) is 9.14. The van der Waals surface area contributed by atoms with E-state index >= 15 is 0 Å². The molecule has 0 saturated carbocycles. The van der Waals surface area contributed by atoms with Crippen LogP contribution in [0.15, 0.2) is 83.8 Å². The molecule has 1 aliphatic heterocycles. The van der Waals surface area contributed by atoms with Crippen LogP contribution in [0.5, 0.6) is 5.75 Å². The zero-order valence-corrected chi connectivity index (χ0v) is 14.7. The zero-order valence-electron chi connectivity index (χ0n) is 13.9. The molecule has 3 aromatic carbocycles. The third kappa shape index (κ3) is 2.93. The van der Waals surface area contributed by atoms with Crippen molar-refractivity contribution in [3.05, 3.63) is 101 Å². The molecule has 0 amide bonds. The molecule has 0 bridgehead atoms. The van der Waals surface area contributed by atoms with Crippen molar-refractivity contribution in [2.75, 3.05) is 7.11 Å². The summed E-state index contributed by atoms with van der Waals surface area (Å²) in [4.78, 5) is 1.16. The Hall–Kier alpha value is -2.27. The number of rotatable bonds is 3. The molecule has 3 atom stereocenters. The number of hydroxylamine groups is 2. The van der Waals surface area contributed by atoms with E-state index in [4.69, 9.17) is 4.74 Å². The summed E-state index contributed by atoms with van der Waals surface area (Å²) in [7, 11) is 1.65. The standard InChI is InChI=1S/C21H19NO2S/c1-24-18-13-7-5-11-16(18)21-22(23)20(15-9-3-2-4-10-15)17-12-6-8-14-19(17)25-21/h2-14,20-22H,1H3. The molecule has 25 heavy (non-hydrogen) atoms. The third-order valence-corrected chi connectivity index (χ3v) is 5.92. The minimum atomic E-state index is -0.267. The maximum absolute atomic E-state index is 13.5. The summed E-state index contributed by atoms with van der Waals surface area (Å²) in [6.45, 7) is 0. The first kappa shape index (κ1) is 16.2. The molecule has 1 heterocycles. The molecule has 4 heteroatoms. The number of hydrogen-bond acceptors (Lipinski definition) is 3. The average Bonchev–Trinajstić information content (AvgIpc) is 2.68. The van der Waals surface area contributed by atoms with E-state index in [0.717, 1.165) is 27.3 Å². The number of methoxy groups -OCH3 is 1. The normalized spacial score (nSPS) is 22.2. The van der Waals surface area contributed by atoms with Gasteiger partial charge in [-0.05, 0) is 18.2 Å². The summed E-state index contributed by atoms with van der Waals surface area (Å²) in [5, 5.41) is 13.4. The fourth-order valence-electron chi connectivity index (χ4n) is 3.41. The molecule has 3 nitrogen and oxygen atoms in total. The summed E-state index contributed by atoms with van der Waals surface area (Å²) in [6, 6.07) is 25.8. The topological polar surface area (TPSA) is 36.7 Å². The Balaban J connectivity index is 1.85. The Morgan fingerprint density at radius 3 is 2.24 bits per heavy atom. The molecule has 0 aromatic heterocycles. The molecule has 1 N–H and O–H groups in total. The second-order valence-electron chi connectivity index (χ2n) is 6.02. The number of ether oxygens (including phenoxy) is 1. The molecule has 0 saturated heterocycles. The van der Waals surface area contributed by atoms with Gasteiger partial charge in [0.15, 0.2) is 5.37 Å². The zero-order chi connectivity index (χ0) is 17.2. The summed E-state index contributed by atoms with van der Waals surface area (Å²) in [6.07, 6.45) is 0. The highest BCUT2D eigenvalue weighted by Crippen LogP contribution is 2.43. The molecular formula is C21H19NO2S. The van der Waals surface area contributed by atoms with Gasteiger partial charge < -0.3 is 15.0 Å². The Morgan fingerprint density at radius 1 is 0.840 bits per heavy atom. The number of quaternary nitrogens is 1. The predicted octanol–water partition coefficient (Wildman–Crippen LogP) is 3.97. The third-order valence-electron chi connectivity index (χ3n) is 4.57. The average molecular weight is 349 g/mol. The van der Waals surface area contributed by atoms with Crippen LogP contribution < -0.4 is 9.80 Å². The number of hydrogen-bond donors (Lipinski definition) is 1. The van der Waals surface area contributed by atoms with Crippen LogP contribution >= 0.6 is 11.8 Å². The Bertz CT molecular complexity index is 869. The highest BCUT2D eigenvalue weighted by Gasteiger charge is 2.37. The molecule has 0 spiro atoms. The molecule has 1 aliphatic rings. The van der Waals surface area contributed by atoms with Crippen LogP contribution in [0.2, 0.25) is 0 Å². The van der Waals surface area contributed by atoms with E-state index in [0.29, 0.717) is 0 Å². The summed E-state index contributed by atoms with van der Waals surface area (Å²) >= 11 is 1.62. The van der Waals surface area contributed by atoms with Crippen molar-refractivity contribution < 1.29 is 9.80 Å². The fraction of sp³-hybridized carbons (Fsp3) is 0.143. The second kappa shape index (κ2) is 6.92. The minimum absolute atomic E-state index is 0.208. The van der Waals surface area contributed by atoms with Gasteiger partial charge in [0, 0.05) is 16.0 Å². The molecule has 4 rings (SSSR count). The first-order chi connectivity index (χ1) is 12.3. The maximum Gasteiger partial charge on any atom is 0.168 e. The van der Waals surface area contributed by atoms with Crippen molar-refractivity contribution >= 4 is 11.8 Å². The summed E-state index contributed by atoms with van der Waals surface area (Å²) in [5.41, 5.74) is 3.07. The molecule has 0 aliphatic carbocycles. The Labute approximate surface area is 151 Å². The molecule has 0 radical (unpaired) electrons. The minimum Gasteiger partial charge on any atom is -0.633 e. The van der Waals surface area contributed by atoms with Crippen molar-refractivity contribution in [3.63, 3.8) is 0 Å². The lowest BCUT2D eigenvalue weighted by Crippen LogP contribution is -3.08. The van der Waals surface area contributed by atoms with Crippen LogP contribution in [0.25, 0.3) is 0 Å². The van der Waals surface area contributed by atoms with Gasteiger partial charge in [0.05, 0.1) is 12.7 Å². The first-order valence-electron chi connectivity index (χ1n) is 8.27. The van der Waals surface area contributed by atoms with Gasteiger partial charge in [0.1, 0.15) is 11.8 Å². The number of nitrogens with one attached hydrogen (secondary N) is 1. The monoisotopic (exact) mass is 349 g/mol. The lowest BCUT2D eigenvalue weighted by Gasteiger charge is -2.42. The fourth-order valence-corrected chi connectivity index (χ4v) is 4.71. The van der Waals surface area contributed by atoms with Crippen molar-refractivity contribution in [2.24, 2.45) is 0 Å². The predicted molar refractivity (Wildman–Crippen MR) is 101 cm³/mol. The number of thioether (sulfide) groups is 1. The van der Waals surface area contributed by atoms with Crippen molar-refractivity contribution in [1.82, 2.24) is 0 Å². The van der Waals surface area contributed by atoms with E-state index in [-0.39, 0.29) is 16.5 Å². The molecule has 126 valence electrons. The van der Waals surface area contributed by atoms with Crippen LogP contribution in [0.1, 0.15) is 28.1 Å². The lowest BCUT2D eigenvalue weighted by atomic mass is 9.97. The van der Waals surface area contributed by atoms with Gasteiger partial charge in [0.25, 0.3) is 0 Å². The highest BCUT2D eigenvalue weighted by atomic mass is 32.2. The number of para-hydroxylation sites is 1. The van der Waals surface area contributed by atoms with E-state index in [1.165, 1.54) is 0 Å². The van der Waals surface area contributed by atoms with Gasteiger partial charge in [-0.3, -0.25) is 0 Å². The van der Waals surface area contributed by atoms with Gasteiger partial charge in [-0.1, -0.05) is 72.4 Å². The maximum atomic E-state index is 13.5. The quantitative estimate of drug-likeness (QED) is 0.727. The van der Waals surface area contributed by atoms with Crippen LogP contribution in [0.4, 0.5) is 0 Å². The SMILES string of the molecule is COc1ccccc1C1Sc2ccccc2C(c2ccccc2)[NH+]1[O-].